The molecule has 0 spiro atoms. The number of anilines is 1. The fourth-order valence-electron chi connectivity index (χ4n) is 2.41. The molecule has 2 rings (SSSR count). The van der Waals surface area contributed by atoms with Crippen LogP contribution in [-0.4, -0.2) is 38.1 Å². The lowest BCUT2D eigenvalue weighted by Crippen LogP contribution is -2.25. The van der Waals surface area contributed by atoms with Gasteiger partial charge in [0.2, 0.25) is 5.75 Å². The molecule has 0 aliphatic carbocycles. The molecule has 1 amide bonds. The van der Waals surface area contributed by atoms with E-state index in [1.807, 2.05) is 19.1 Å². The van der Waals surface area contributed by atoms with Gasteiger partial charge in [-0.15, -0.1) is 0 Å². The molecule has 0 saturated heterocycles. The Morgan fingerprint density at radius 1 is 1.00 bits per heavy atom. The molecule has 0 unspecified atom stereocenters. The molecular formula is C19H22N4O4S. The summed E-state index contributed by atoms with van der Waals surface area (Å²) < 4.78 is 15.8. The number of nitrogens with one attached hydrogen (secondary N) is 2. The maximum absolute atomic E-state index is 12.6. The Hall–Kier alpha value is -3.33. The largest absolute Gasteiger partial charge is 0.493 e. The summed E-state index contributed by atoms with van der Waals surface area (Å²) in [5.41, 5.74) is 10.4. The number of nitrogens with zero attached hydrogens (tertiary/aromatic N) is 1. The van der Waals surface area contributed by atoms with Gasteiger partial charge in [-0.25, -0.2) is 0 Å². The summed E-state index contributed by atoms with van der Waals surface area (Å²) in [6.45, 7) is 1.81. The van der Waals surface area contributed by atoms with Crippen LogP contribution in [0.1, 0.15) is 22.8 Å². The zero-order chi connectivity index (χ0) is 20.7. The van der Waals surface area contributed by atoms with E-state index in [-0.39, 0.29) is 11.0 Å². The molecule has 0 radical (unpaired) electrons. The number of methoxy groups -OCH3 is 3. The molecule has 0 aromatic heterocycles. The second kappa shape index (κ2) is 9.56. The number of hydrogen-bond donors (Lipinski definition) is 3. The Kier molecular flexibility index (Phi) is 7.16. The molecule has 9 heteroatoms. The van der Waals surface area contributed by atoms with Crippen LogP contribution in [0.4, 0.5) is 5.69 Å². The fraction of sp³-hybridized carbons (Fsp3) is 0.211. The first-order valence-corrected chi connectivity index (χ1v) is 8.62. The number of benzene rings is 2. The summed E-state index contributed by atoms with van der Waals surface area (Å²) in [7, 11) is 4.49. The molecule has 0 saturated carbocycles. The van der Waals surface area contributed by atoms with Crippen LogP contribution < -0.4 is 30.7 Å². The Balaban J connectivity index is 2.19. The minimum atomic E-state index is -0.312. The van der Waals surface area contributed by atoms with Crippen molar-refractivity contribution in [1.82, 2.24) is 5.43 Å². The average molecular weight is 402 g/mol. The molecular weight excluding hydrogens is 380 g/mol. The number of thiocarbonyl (C=S) groups is 1. The van der Waals surface area contributed by atoms with Crippen LogP contribution in [-0.2, 0) is 0 Å². The maximum Gasteiger partial charge on any atom is 0.255 e. The van der Waals surface area contributed by atoms with Gasteiger partial charge < -0.3 is 25.3 Å². The number of amides is 1. The highest BCUT2D eigenvalue weighted by Gasteiger charge is 2.17. The van der Waals surface area contributed by atoms with Crippen molar-refractivity contribution in [2.75, 3.05) is 26.6 Å². The standard InChI is InChI=1S/C19H22N4O4S/c1-11(22-23-19(20)28)12-5-7-14(8-6-12)21-18(24)13-9-15(25-2)17(27-4)16(10-13)26-3/h5-10H,1-4H3,(H,21,24)(H3,20,23,28)/b22-11-. The first-order chi connectivity index (χ1) is 13.4. The van der Waals surface area contributed by atoms with Crippen LogP contribution in [0.5, 0.6) is 17.2 Å². The molecule has 0 heterocycles. The second-order valence-electron chi connectivity index (χ2n) is 5.62. The van der Waals surface area contributed by atoms with Gasteiger partial charge in [0.05, 0.1) is 27.0 Å². The lowest BCUT2D eigenvalue weighted by Gasteiger charge is -2.14. The second-order valence-corrected chi connectivity index (χ2v) is 6.06. The van der Waals surface area contributed by atoms with Gasteiger partial charge in [0, 0.05) is 11.3 Å². The van der Waals surface area contributed by atoms with Gasteiger partial charge in [0.1, 0.15) is 0 Å². The van der Waals surface area contributed by atoms with Crippen molar-refractivity contribution in [1.29, 1.82) is 0 Å². The van der Waals surface area contributed by atoms with E-state index in [1.54, 1.807) is 24.3 Å². The van der Waals surface area contributed by atoms with Crippen molar-refractivity contribution < 1.29 is 19.0 Å². The van der Waals surface area contributed by atoms with Crippen LogP contribution >= 0.6 is 12.2 Å². The number of carbonyl (C=O) groups excluding carboxylic acids is 1. The summed E-state index contributed by atoms with van der Waals surface area (Å²) in [6, 6.07) is 10.4. The van der Waals surface area contributed by atoms with Gasteiger partial charge in [-0.1, -0.05) is 12.1 Å². The highest BCUT2D eigenvalue weighted by Crippen LogP contribution is 2.38. The summed E-state index contributed by atoms with van der Waals surface area (Å²) in [4.78, 5) is 12.6. The van der Waals surface area contributed by atoms with E-state index >= 15 is 0 Å². The van der Waals surface area contributed by atoms with Crippen LogP contribution in [0.25, 0.3) is 0 Å². The predicted molar refractivity (Wildman–Crippen MR) is 113 cm³/mol. The summed E-state index contributed by atoms with van der Waals surface area (Å²) >= 11 is 4.72. The van der Waals surface area contributed by atoms with Gasteiger partial charge >= 0.3 is 0 Å². The van der Waals surface area contributed by atoms with Crippen LogP contribution in [0.2, 0.25) is 0 Å². The summed E-state index contributed by atoms with van der Waals surface area (Å²) in [6.07, 6.45) is 0. The van der Waals surface area contributed by atoms with Gasteiger partial charge in [-0.3, -0.25) is 10.2 Å². The third-order valence-corrected chi connectivity index (χ3v) is 3.91. The van der Waals surface area contributed by atoms with Crippen LogP contribution in [0.3, 0.4) is 0 Å². The molecule has 0 atom stereocenters. The smallest absolute Gasteiger partial charge is 0.255 e. The Bertz CT molecular complexity index is 872. The van der Waals surface area contributed by atoms with Gasteiger partial charge in [-0.2, -0.15) is 5.10 Å². The molecule has 8 nitrogen and oxygen atoms in total. The number of ether oxygens (including phenoxy) is 3. The van der Waals surface area contributed by atoms with E-state index in [9.17, 15) is 4.79 Å². The third kappa shape index (κ3) is 5.10. The van der Waals surface area contributed by atoms with Gasteiger partial charge in [0.25, 0.3) is 5.91 Å². The lowest BCUT2D eigenvalue weighted by atomic mass is 10.1. The van der Waals surface area contributed by atoms with Crippen molar-refractivity contribution >= 4 is 34.6 Å². The zero-order valence-corrected chi connectivity index (χ0v) is 16.8. The number of nitrogens with two attached hydrogens (primary N) is 1. The molecule has 28 heavy (non-hydrogen) atoms. The molecule has 0 bridgehead atoms. The van der Waals surface area contributed by atoms with Crippen molar-refractivity contribution in [3.63, 3.8) is 0 Å². The normalized spacial score (nSPS) is 10.8. The fourth-order valence-corrected chi connectivity index (χ4v) is 2.46. The Morgan fingerprint density at radius 3 is 2.04 bits per heavy atom. The highest BCUT2D eigenvalue weighted by molar-refractivity contribution is 7.80. The van der Waals surface area contributed by atoms with E-state index < -0.39 is 0 Å². The van der Waals surface area contributed by atoms with Gasteiger partial charge in [-0.05, 0) is 49.0 Å². The van der Waals surface area contributed by atoms with Crippen molar-refractivity contribution in [2.45, 2.75) is 6.92 Å². The first kappa shape index (κ1) is 21.0. The van der Waals surface area contributed by atoms with E-state index in [0.717, 1.165) is 5.56 Å². The number of hydrogen-bond acceptors (Lipinski definition) is 6. The van der Waals surface area contributed by atoms with Crippen LogP contribution in [0.15, 0.2) is 41.5 Å². The molecule has 0 aliphatic heterocycles. The highest BCUT2D eigenvalue weighted by atomic mass is 32.1. The zero-order valence-electron chi connectivity index (χ0n) is 16.0. The Labute approximate surface area is 168 Å². The minimum Gasteiger partial charge on any atom is -0.493 e. The first-order valence-electron chi connectivity index (χ1n) is 8.21. The monoisotopic (exact) mass is 402 g/mol. The molecule has 4 N–H and O–H groups in total. The van der Waals surface area contributed by atoms with Crippen molar-refractivity contribution in [3.8, 4) is 17.2 Å². The van der Waals surface area contributed by atoms with Crippen LogP contribution in [0, 0.1) is 0 Å². The van der Waals surface area contributed by atoms with E-state index in [2.05, 4.69) is 15.8 Å². The molecule has 2 aromatic rings. The SMILES string of the molecule is COc1cc(C(=O)Nc2ccc(/C(C)=N\NC(N)=S)cc2)cc(OC)c1OC. The predicted octanol–water partition coefficient (Wildman–Crippen LogP) is 2.52. The lowest BCUT2D eigenvalue weighted by molar-refractivity contribution is 0.102. The van der Waals surface area contributed by atoms with E-state index in [1.165, 1.54) is 21.3 Å². The summed E-state index contributed by atoms with van der Waals surface area (Å²) in [5, 5.41) is 6.98. The minimum absolute atomic E-state index is 0.0913. The van der Waals surface area contributed by atoms with E-state index in [4.69, 9.17) is 32.2 Å². The summed E-state index contributed by atoms with van der Waals surface area (Å²) in [5.74, 6) is 0.915. The van der Waals surface area contributed by atoms with E-state index in [0.29, 0.717) is 34.2 Å². The number of carbonyl (C=O) groups is 1. The molecule has 148 valence electrons. The van der Waals surface area contributed by atoms with Gasteiger partial charge in [0.15, 0.2) is 16.6 Å². The average Bonchev–Trinajstić information content (AvgIpc) is 2.71. The number of hydrazone groups is 1. The molecule has 0 fully saturated rings. The van der Waals surface area contributed by atoms with Crippen molar-refractivity contribution in [3.05, 3.63) is 47.5 Å². The third-order valence-electron chi connectivity index (χ3n) is 3.82. The topological polar surface area (TPSA) is 107 Å². The molecule has 0 aliphatic rings. The number of rotatable bonds is 7. The quantitative estimate of drug-likeness (QED) is 0.371. The maximum atomic E-state index is 12.6. The Morgan fingerprint density at radius 2 is 1.57 bits per heavy atom. The molecule has 2 aromatic carbocycles. The van der Waals surface area contributed by atoms with Crippen molar-refractivity contribution in [2.24, 2.45) is 10.8 Å².